The Labute approximate surface area is 73.9 Å². The fourth-order valence-corrected chi connectivity index (χ4v) is 0.836. The number of carbonyl (C=O) groups excluding carboxylic acids is 2. The maximum atomic E-state index is 10.6. The van der Waals surface area contributed by atoms with E-state index < -0.39 is 36.2 Å². The van der Waals surface area contributed by atoms with Crippen molar-refractivity contribution in [1.29, 1.82) is 0 Å². The topological polar surface area (TPSA) is 149 Å². The summed E-state index contributed by atoms with van der Waals surface area (Å²) < 4.78 is 0. The molecule has 2 amide bonds. The Morgan fingerprint density at radius 2 is 1.38 bits per heavy atom. The van der Waals surface area contributed by atoms with Crippen LogP contribution in [-0.4, -0.2) is 28.4 Å². The minimum absolute atomic E-state index is 0.620. The van der Waals surface area contributed by atoms with Crippen LogP contribution in [0.4, 0.5) is 0 Å². The molecular formula is C6H11N3O4. The van der Waals surface area contributed by atoms with Crippen molar-refractivity contribution >= 4 is 17.8 Å². The van der Waals surface area contributed by atoms with Crippen molar-refractivity contribution in [3.63, 3.8) is 0 Å². The molecule has 0 aromatic carbocycles. The molecule has 0 bridgehead atoms. The van der Waals surface area contributed by atoms with Crippen LogP contribution in [-0.2, 0) is 14.4 Å². The van der Waals surface area contributed by atoms with E-state index in [1.807, 2.05) is 0 Å². The molecule has 0 aromatic rings. The highest BCUT2D eigenvalue weighted by atomic mass is 16.4. The molecule has 7 N–H and O–H groups in total. The summed E-state index contributed by atoms with van der Waals surface area (Å²) in [6.45, 7) is 0. The maximum absolute atomic E-state index is 10.6. The van der Waals surface area contributed by atoms with Crippen LogP contribution in [0, 0.1) is 0 Å². The van der Waals surface area contributed by atoms with Gasteiger partial charge in [0, 0.05) is 0 Å². The number of carboxylic acids is 1. The van der Waals surface area contributed by atoms with Gasteiger partial charge in [0.05, 0.1) is 12.8 Å². The minimum atomic E-state index is -1.99. The Morgan fingerprint density at radius 3 is 1.54 bits per heavy atom. The molecule has 7 nitrogen and oxygen atoms in total. The monoisotopic (exact) mass is 189 g/mol. The molecule has 0 radical (unpaired) electrons. The molecule has 74 valence electrons. The Morgan fingerprint density at radius 1 is 1.08 bits per heavy atom. The number of hydrogen-bond donors (Lipinski definition) is 4. The summed E-state index contributed by atoms with van der Waals surface area (Å²) in [4.78, 5) is 31.4. The summed E-state index contributed by atoms with van der Waals surface area (Å²) in [6, 6.07) is 0. The van der Waals surface area contributed by atoms with E-state index >= 15 is 0 Å². The normalized spacial score (nSPS) is 10.8. The van der Waals surface area contributed by atoms with Crippen LogP contribution in [0.25, 0.3) is 0 Å². The molecule has 7 heteroatoms. The van der Waals surface area contributed by atoms with Crippen molar-refractivity contribution in [2.24, 2.45) is 17.2 Å². The zero-order valence-corrected chi connectivity index (χ0v) is 6.82. The van der Waals surface area contributed by atoms with Gasteiger partial charge in [-0.25, -0.2) is 0 Å². The van der Waals surface area contributed by atoms with Crippen LogP contribution in [0.15, 0.2) is 0 Å². The van der Waals surface area contributed by atoms with E-state index in [0.717, 1.165) is 0 Å². The lowest BCUT2D eigenvalue weighted by atomic mass is 9.92. The van der Waals surface area contributed by atoms with Crippen LogP contribution < -0.4 is 17.2 Å². The third kappa shape index (κ3) is 3.52. The van der Waals surface area contributed by atoms with E-state index in [0.29, 0.717) is 0 Å². The Hall–Kier alpha value is -1.63. The second-order valence-electron chi connectivity index (χ2n) is 2.75. The average Bonchev–Trinajstić information content (AvgIpc) is 1.82. The molecular weight excluding hydrogens is 178 g/mol. The Balaban J connectivity index is 4.62. The van der Waals surface area contributed by atoms with Gasteiger partial charge in [-0.3, -0.25) is 14.4 Å². The lowest BCUT2D eigenvalue weighted by Crippen LogP contribution is -2.53. The van der Waals surface area contributed by atoms with Crippen LogP contribution in [0.5, 0.6) is 0 Å². The van der Waals surface area contributed by atoms with E-state index in [4.69, 9.17) is 22.3 Å². The van der Waals surface area contributed by atoms with E-state index in [1.54, 1.807) is 0 Å². The molecule has 0 atom stereocenters. The van der Waals surface area contributed by atoms with E-state index in [9.17, 15) is 14.4 Å². The van der Waals surface area contributed by atoms with Gasteiger partial charge in [-0.2, -0.15) is 0 Å². The summed E-state index contributed by atoms with van der Waals surface area (Å²) in [7, 11) is 0. The molecule has 0 saturated heterocycles. The predicted molar refractivity (Wildman–Crippen MR) is 42.2 cm³/mol. The third-order valence-corrected chi connectivity index (χ3v) is 1.41. The molecule has 0 rings (SSSR count). The quantitative estimate of drug-likeness (QED) is 0.377. The Bertz CT molecular complexity index is 234. The summed E-state index contributed by atoms with van der Waals surface area (Å²) in [6.07, 6.45) is -1.24. The van der Waals surface area contributed by atoms with Crippen LogP contribution >= 0.6 is 0 Å². The molecule has 0 saturated carbocycles. The van der Waals surface area contributed by atoms with Gasteiger partial charge in [-0.05, 0) is 0 Å². The highest BCUT2D eigenvalue weighted by Crippen LogP contribution is 2.11. The molecule has 0 aliphatic heterocycles. The largest absolute Gasteiger partial charge is 0.480 e. The van der Waals surface area contributed by atoms with Gasteiger partial charge in [0.2, 0.25) is 11.8 Å². The summed E-state index contributed by atoms with van der Waals surface area (Å²) in [5.74, 6) is -3.28. The number of aliphatic carboxylic acids is 1. The molecule has 0 unspecified atom stereocenters. The van der Waals surface area contributed by atoms with Gasteiger partial charge in [0.15, 0.2) is 0 Å². The van der Waals surface area contributed by atoms with Crippen molar-refractivity contribution in [3.8, 4) is 0 Å². The van der Waals surface area contributed by atoms with E-state index in [-0.39, 0.29) is 0 Å². The van der Waals surface area contributed by atoms with Gasteiger partial charge in [-0.15, -0.1) is 0 Å². The zero-order valence-electron chi connectivity index (χ0n) is 6.82. The number of nitrogens with two attached hydrogens (primary N) is 3. The molecule has 0 spiro atoms. The first-order valence-electron chi connectivity index (χ1n) is 3.37. The number of carbonyl (C=O) groups is 3. The van der Waals surface area contributed by atoms with Gasteiger partial charge in [-0.1, -0.05) is 0 Å². The number of carboxylic acid groups (broad SMARTS) is 1. The first-order chi connectivity index (χ1) is 5.78. The standard InChI is InChI=1S/C6H11N3O4/c7-3(10)1-6(9,5(12)13)2-4(8)11/h1-2,9H2,(H2,7,10)(H2,8,11)(H,12,13). The predicted octanol–water partition coefficient (Wildman–Crippen LogP) is -2.48. The van der Waals surface area contributed by atoms with E-state index in [1.165, 1.54) is 0 Å². The van der Waals surface area contributed by atoms with Gasteiger partial charge < -0.3 is 22.3 Å². The van der Waals surface area contributed by atoms with Crippen LogP contribution in [0.1, 0.15) is 12.8 Å². The smallest absolute Gasteiger partial charge is 0.324 e. The van der Waals surface area contributed by atoms with Crippen molar-refractivity contribution in [1.82, 2.24) is 0 Å². The first-order valence-corrected chi connectivity index (χ1v) is 3.37. The highest BCUT2D eigenvalue weighted by molar-refractivity contribution is 5.91. The fourth-order valence-electron chi connectivity index (χ4n) is 0.836. The number of primary amides is 2. The lowest BCUT2D eigenvalue weighted by molar-refractivity contribution is -0.147. The minimum Gasteiger partial charge on any atom is -0.480 e. The average molecular weight is 189 g/mol. The lowest BCUT2D eigenvalue weighted by Gasteiger charge is -2.20. The maximum Gasteiger partial charge on any atom is 0.324 e. The van der Waals surface area contributed by atoms with Crippen molar-refractivity contribution < 1.29 is 19.5 Å². The van der Waals surface area contributed by atoms with Gasteiger partial charge in [0.25, 0.3) is 0 Å². The number of amides is 2. The second-order valence-corrected chi connectivity index (χ2v) is 2.75. The van der Waals surface area contributed by atoms with E-state index in [2.05, 4.69) is 0 Å². The fraction of sp³-hybridized carbons (Fsp3) is 0.500. The summed E-state index contributed by atoms with van der Waals surface area (Å²) >= 11 is 0. The third-order valence-electron chi connectivity index (χ3n) is 1.41. The van der Waals surface area contributed by atoms with Gasteiger partial charge in [0.1, 0.15) is 5.54 Å². The van der Waals surface area contributed by atoms with Gasteiger partial charge >= 0.3 is 5.97 Å². The molecule has 0 fully saturated rings. The van der Waals surface area contributed by atoms with Crippen molar-refractivity contribution in [2.45, 2.75) is 18.4 Å². The zero-order chi connectivity index (χ0) is 10.6. The highest BCUT2D eigenvalue weighted by Gasteiger charge is 2.37. The number of hydrogen-bond acceptors (Lipinski definition) is 4. The van der Waals surface area contributed by atoms with Crippen molar-refractivity contribution in [2.75, 3.05) is 0 Å². The molecule has 0 aliphatic carbocycles. The van der Waals surface area contributed by atoms with Crippen molar-refractivity contribution in [3.05, 3.63) is 0 Å². The first kappa shape index (κ1) is 11.4. The summed E-state index contributed by atoms with van der Waals surface area (Å²) in [5.41, 5.74) is 12.8. The number of rotatable bonds is 5. The Kier molecular flexibility index (Phi) is 3.37. The van der Waals surface area contributed by atoms with Crippen LogP contribution in [0.2, 0.25) is 0 Å². The van der Waals surface area contributed by atoms with Crippen LogP contribution in [0.3, 0.4) is 0 Å². The molecule has 0 aliphatic rings. The SMILES string of the molecule is NC(=O)CC(N)(CC(N)=O)C(=O)O. The molecule has 0 aromatic heterocycles. The second kappa shape index (κ2) is 3.85. The molecule has 0 heterocycles. The summed E-state index contributed by atoms with van der Waals surface area (Å²) in [5, 5.41) is 8.59. The molecule has 13 heavy (non-hydrogen) atoms.